The lowest BCUT2D eigenvalue weighted by Crippen LogP contribution is -2.29. The summed E-state index contributed by atoms with van der Waals surface area (Å²) in [5.74, 6) is 0.291. The van der Waals surface area contributed by atoms with Crippen molar-refractivity contribution in [2.45, 2.75) is 40.3 Å². The van der Waals surface area contributed by atoms with Crippen molar-refractivity contribution in [3.8, 4) is 11.5 Å². The molecular weight excluding hydrogens is 466 g/mol. The van der Waals surface area contributed by atoms with E-state index in [4.69, 9.17) is 9.47 Å². The summed E-state index contributed by atoms with van der Waals surface area (Å²) in [4.78, 5) is 28.1. The fraction of sp³-hybridized carbons (Fsp3) is 0.290. The number of aliphatic hydroxyl groups excluding tert-OH is 1. The number of amides is 1. The van der Waals surface area contributed by atoms with Crippen molar-refractivity contribution in [1.82, 2.24) is 4.90 Å². The minimum absolute atomic E-state index is 0.0802. The maximum Gasteiger partial charge on any atom is 0.295 e. The molecule has 3 aromatic rings. The van der Waals surface area contributed by atoms with Crippen LogP contribution in [0.1, 0.15) is 49.1 Å². The van der Waals surface area contributed by atoms with E-state index in [9.17, 15) is 14.7 Å². The largest absolute Gasteiger partial charge is 0.507 e. The van der Waals surface area contributed by atoms with E-state index in [0.717, 1.165) is 22.4 Å². The monoisotopic (exact) mass is 499 g/mol. The third-order valence-corrected chi connectivity index (χ3v) is 6.20. The van der Waals surface area contributed by atoms with Crippen LogP contribution >= 0.6 is 0 Å². The van der Waals surface area contributed by atoms with Crippen LogP contribution < -0.4 is 9.47 Å². The van der Waals surface area contributed by atoms with E-state index in [0.29, 0.717) is 30.4 Å². The highest BCUT2D eigenvalue weighted by molar-refractivity contribution is 6.46. The number of benzene rings is 3. The van der Waals surface area contributed by atoms with Gasteiger partial charge in [-0.05, 0) is 67.3 Å². The summed E-state index contributed by atoms with van der Waals surface area (Å²) in [6.07, 6.45) is 0. The summed E-state index contributed by atoms with van der Waals surface area (Å²) >= 11 is 0. The van der Waals surface area contributed by atoms with Crippen LogP contribution in [0.3, 0.4) is 0 Å². The van der Waals surface area contributed by atoms with Crippen molar-refractivity contribution in [2.24, 2.45) is 5.92 Å². The first-order valence-electron chi connectivity index (χ1n) is 12.6. The van der Waals surface area contributed by atoms with E-state index in [2.05, 4.69) is 13.8 Å². The fourth-order valence-electron chi connectivity index (χ4n) is 4.41. The zero-order chi connectivity index (χ0) is 26.5. The molecule has 1 amide bonds. The number of ether oxygens (including phenoxy) is 2. The number of carbonyl (C=O) groups excluding carboxylic acids is 2. The number of hydrogen-bond acceptors (Lipinski definition) is 5. The van der Waals surface area contributed by atoms with E-state index in [-0.39, 0.29) is 17.9 Å². The van der Waals surface area contributed by atoms with Crippen LogP contribution in [0.2, 0.25) is 0 Å². The Bertz CT molecular complexity index is 1290. The van der Waals surface area contributed by atoms with Crippen LogP contribution in [0.15, 0.2) is 78.4 Å². The predicted octanol–water partition coefficient (Wildman–Crippen LogP) is 6.05. The Morgan fingerprint density at radius 3 is 2.22 bits per heavy atom. The minimum atomic E-state index is -0.719. The third-order valence-electron chi connectivity index (χ3n) is 6.20. The molecule has 0 saturated carbocycles. The molecule has 6 nitrogen and oxygen atoms in total. The lowest BCUT2D eigenvalue weighted by Gasteiger charge is -2.26. The number of ketones is 1. The number of aryl methyl sites for hydroxylation is 1. The fourth-order valence-corrected chi connectivity index (χ4v) is 4.41. The molecule has 3 aromatic carbocycles. The van der Waals surface area contributed by atoms with Crippen LogP contribution in [-0.4, -0.2) is 34.9 Å². The van der Waals surface area contributed by atoms with E-state index in [1.54, 1.807) is 24.3 Å². The lowest BCUT2D eigenvalue weighted by molar-refractivity contribution is -0.140. The predicted molar refractivity (Wildman–Crippen MR) is 143 cm³/mol. The second kappa shape index (κ2) is 11.3. The Balaban J connectivity index is 1.71. The quantitative estimate of drug-likeness (QED) is 0.220. The van der Waals surface area contributed by atoms with Gasteiger partial charge in [0.15, 0.2) is 0 Å². The van der Waals surface area contributed by atoms with Gasteiger partial charge in [0, 0.05) is 12.1 Å². The molecule has 1 unspecified atom stereocenters. The lowest BCUT2D eigenvalue weighted by atomic mass is 9.94. The molecule has 0 bridgehead atoms. The normalized spacial score (nSPS) is 16.9. The molecule has 1 atom stereocenters. The second-order valence-electron chi connectivity index (χ2n) is 9.65. The first kappa shape index (κ1) is 26.0. The van der Waals surface area contributed by atoms with Gasteiger partial charge in [-0.1, -0.05) is 55.8 Å². The summed E-state index contributed by atoms with van der Waals surface area (Å²) < 4.78 is 11.3. The Hall–Kier alpha value is -4.06. The van der Waals surface area contributed by atoms with Gasteiger partial charge in [-0.25, -0.2) is 0 Å². The average molecular weight is 500 g/mol. The van der Waals surface area contributed by atoms with Crippen LogP contribution in [0, 0.1) is 12.8 Å². The standard InChI is InChI=1S/C31H33NO5/c1-5-36-25-15-11-23(12-16-25)29(33)27-28(24-8-6-7-21(4)17-24)32(31(35)30(27)34)18-22-9-13-26(14-10-22)37-19-20(2)3/h6-17,20,28,33H,5,18-19H2,1-4H3/b29-27-. The summed E-state index contributed by atoms with van der Waals surface area (Å²) in [5.41, 5.74) is 3.15. The molecule has 1 aliphatic heterocycles. The number of hydrogen-bond donors (Lipinski definition) is 1. The SMILES string of the molecule is CCOc1ccc(/C(O)=C2/C(=O)C(=O)N(Cc3ccc(OCC(C)C)cc3)C2c2cccc(C)c2)cc1. The van der Waals surface area contributed by atoms with Crippen LogP contribution in [0.5, 0.6) is 11.5 Å². The Morgan fingerprint density at radius 2 is 1.59 bits per heavy atom. The van der Waals surface area contributed by atoms with Crippen molar-refractivity contribution >= 4 is 17.4 Å². The summed E-state index contributed by atoms with van der Waals surface area (Å²) in [6, 6.07) is 21.3. The number of rotatable bonds is 9. The molecule has 0 aromatic heterocycles. The third kappa shape index (κ3) is 5.85. The summed E-state index contributed by atoms with van der Waals surface area (Å²) in [6.45, 7) is 9.38. The molecule has 6 heteroatoms. The van der Waals surface area contributed by atoms with Crippen molar-refractivity contribution in [3.05, 3.63) is 101 Å². The highest BCUT2D eigenvalue weighted by Crippen LogP contribution is 2.40. The molecule has 0 aliphatic carbocycles. The number of likely N-dealkylation sites (tertiary alicyclic amines) is 1. The molecular formula is C31H33NO5. The van der Waals surface area contributed by atoms with E-state index in [1.165, 1.54) is 4.90 Å². The first-order valence-corrected chi connectivity index (χ1v) is 12.6. The number of aliphatic hydroxyl groups is 1. The molecule has 37 heavy (non-hydrogen) atoms. The maximum atomic E-state index is 13.3. The minimum Gasteiger partial charge on any atom is -0.507 e. The molecule has 0 radical (unpaired) electrons. The molecule has 1 heterocycles. The molecule has 1 N–H and O–H groups in total. The van der Waals surface area contributed by atoms with Crippen LogP contribution in [-0.2, 0) is 16.1 Å². The van der Waals surface area contributed by atoms with Gasteiger partial charge in [0.1, 0.15) is 17.3 Å². The smallest absolute Gasteiger partial charge is 0.295 e. The van der Waals surface area contributed by atoms with Crippen molar-refractivity contribution < 1.29 is 24.2 Å². The van der Waals surface area contributed by atoms with Gasteiger partial charge in [0.25, 0.3) is 11.7 Å². The topological polar surface area (TPSA) is 76.1 Å². The number of carbonyl (C=O) groups is 2. The molecule has 1 saturated heterocycles. The van der Waals surface area contributed by atoms with Gasteiger partial charge in [-0.3, -0.25) is 9.59 Å². The van der Waals surface area contributed by atoms with Gasteiger partial charge in [-0.15, -0.1) is 0 Å². The number of Topliss-reactive ketones (excluding diaryl/α,β-unsaturated/α-hetero) is 1. The van der Waals surface area contributed by atoms with Crippen molar-refractivity contribution in [3.63, 3.8) is 0 Å². The molecule has 4 rings (SSSR count). The highest BCUT2D eigenvalue weighted by Gasteiger charge is 2.46. The summed E-state index contributed by atoms with van der Waals surface area (Å²) in [5, 5.41) is 11.3. The summed E-state index contributed by atoms with van der Waals surface area (Å²) in [7, 11) is 0. The van der Waals surface area contributed by atoms with E-state index in [1.807, 2.05) is 62.4 Å². The van der Waals surface area contributed by atoms with Gasteiger partial charge in [0.05, 0.1) is 24.8 Å². The van der Waals surface area contributed by atoms with Gasteiger partial charge < -0.3 is 19.5 Å². The van der Waals surface area contributed by atoms with Crippen molar-refractivity contribution in [2.75, 3.05) is 13.2 Å². The van der Waals surface area contributed by atoms with Crippen LogP contribution in [0.4, 0.5) is 0 Å². The molecule has 1 aliphatic rings. The van der Waals surface area contributed by atoms with E-state index < -0.39 is 17.7 Å². The Morgan fingerprint density at radius 1 is 0.946 bits per heavy atom. The van der Waals surface area contributed by atoms with Crippen molar-refractivity contribution in [1.29, 1.82) is 0 Å². The number of nitrogens with zero attached hydrogens (tertiary/aromatic N) is 1. The van der Waals surface area contributed by atoms with E-state index >= 15 is 0 Å². The zero-order valence-corrected chi connectivity index (χ0v) is 21.7. The first-order chi connectivity index (χ1) is 17.8. The van der Waals surface area contributed by atoms with Crippen LogP contribution in [0.25, 0.3) is 5.76 Å². The molecule has 0 spiro atoms. The Labute approximate surface area is 218 Å². The maximum absolute atomic E-state index is 13.3. The zero-order valence-electron chi connectivity index (χ0n) is 21.7. The average Bonchev–Trinajstić information content (AvgIpc) is 3.13. The van der Waals surface area contributed by atoms with Gasteiger partial charge in [-0.2, -0.15) is 0 Å². The molecule has 192 valence electrons. The molecule has 1 fully saturated rings. The van der Waals surface area contributed by atoms with Gasteiger partial charge >= 0.3 is 0 Å². The Kier molecular flexibility index (Phi) is 7.97. The van der Waals surface area contributed by atoms with Gasteiger partial charge in [0.2, 0.25) is 0 Å². The highest BCUT2D eigenvalue weighted by atomic mass is 16.5. The second-order valence-corrected chi connectivity index (χ2v) is 9.65.